The van der Waals surface area contributed by atoms with E-state index in [1.54, 1.807) is 0 Å². The van der Waals surface area contributed by atoms with E-state index in [1.807, 2.05) is 19.3 Å². The molecule has 17 heavy (non-hydrogen) atoms. The molecule has 4 nitrogen and oxygen atoms in total. The smallest absolute Gasteiger partial charge is 0.110 e. The second kappa shape index (κ2) is 4.78. The summed E-state index contributed by atoms with van der Waals surface area (Å²) in [7, 11) is 0. The van der Waals surface area contributed by atoms with Crippen LogP contribution in [-0.2, 0) is 17.7 Å². The van der Waals surface area contributed by atoms with Gasteiger partial charge in [-0.2, -0.15) is 0 Å². The highest BCUT2D eigenvalue weighted by Crippen LogP contribution is 2.30. The van der Waals surface area contributed by atoms with Crippen LogP contribution in [-0.4, -0.2) is 27.3 Å². The highest BCUT2D eigenvalue weighted by molar-refractivity contribution is 4.96. The average molecular weight is 237 g/mol. The van der Waals surface area contributed by atoms with Gasteiger partial charge in [0, 0.05) is 24.9 Å². The fourth-order valence-corrected chi connectivity index (χ4v) is 2.41. The summed E-state index contributed by atoms with van der Waals surface area (Å²) in [5.41, 5.74) is 5.85. The summed E-state index contributed by atoms with van der Waals surface area (Å²) < 4.78 is 8.18. The lowest BCUT2D eigenvalue weighted by atomic mass is 10.1. The fraction of sp³-hybridized carbons (Fsp3) is 0.769. The Kier molecular flexibility index (Phi) is 3.54. The number of ether oxygens (including phenoxy) is 1. The third-order valence-electron chi connectivity index (χ3n) is 3.26. The van der Waals surface area contributed by atoms with E-state index in [4.69, 9.17) is 10.5 Å². The van der Waals surface area contributed by atoms with Crippen molar-refractivity contribution in [2.75, 3.05) is 0 Å². The van der Waals surface area contributed by atoms with E-state index < -0.39 is 0 Å². The first-order chi connectivity index (χ1) is 7.96. The van der Waals surface area contributed by atoms with Gasteiger partial charge >= 0.3 is 0 Å². The van der Waals surface area contributed by atoms with Crippen LogP contribution in [0.4, 0.5) is 0 Å². The summed E-state index contributed by atoms with van der Waals surface area (Å²) in [6.07, 6.45) is 7.26. The summed E-state index contributed by atoms with van der Waals surface area (Å²) in [4.78, 5) is 4.36. The molecule has 0 bridgehead atoms. The van der Waals surface area contributed by atoms with Crippen molar-refractivity contribution in [1.82, 2.24) is 9.55 Å². The van der Waals surface area contributed by atoms with Gasteiger partial charge in [0.05, 0.1) is 18.2 Å². The molecule has 0 amide bonds. The van der Waals surface area contributed by atoms with Crippen molar-refractivity contribution >= 4 is 0 Å². The van der Waals surface area contributed by atoms with Gasteiger partial charge in [-0.1, -0.05) is 0 Å². The monoisotopic (exact) mass is 237 g/mol. The Hall–Kier alpha value is -0.870. The molecule has 0 radical (unpaired) electrons. The molecule has 1 aliphatic heterocycles. The molecule has 0 spiro atoms. The highest BCUT2D eigenvalue weighted by Gasteiger charge is 2.31. The van der Waals surface area contributed by atoms with Gasteiger partial charge in [-0.3, -0.25) is 0 Å². The van der Waals surface area contributed by atoms with Gasteiger partial charge in [0.1, 0.15) is 5.82 Å². The molecule has 2 rings (SSSR count). The zero-order valence-electron chi connectivity index (χ0n) is 11.0. The molecule has 0 aliphatic carbocycles. The summed E-state index contributed by atoms with van der Waals surface area (Å²) in [5.74, 6) is 1.06. The minimum absolute atomic E-state index is 0.0343. The molecule has 2 N–H and O–H groups in total. The van der Waals surface area contributed by atoms with E-state index in [9.17, 15) is 0 Å². The molecule has 4 heteroatoms. The largest absolute Gasteiger partial charge is 0.370 e. The predicted molar refractivity (Wildman–Crippen MR) is 67.8 cm³/mol. The number of imidazole rings is 1. The van der Waals surface area contributed by atoms with Crippen molar-refractivity contribution in [3.8, 4) is 0 Å². The molecule has 1 aromatic rings. The zero-order chi connectivity index (χ0) is 12.5. The number of aromatic nitrogens is 2. The number of hydrogen-bond donors (Lipinski definition) is 1. The van der Waals surface area contributed by atoms with E-state index >= 15 is 0 Å². The second-order valence-electron chi connectivity index (χ2n) is 5.72. The van der Waals surface area contributed by atoms with Gasteiger partial charge in [0.2, 0.25) is 0 Å². The van der Waals surface area contributed by atoms with E-state index in [1.165, 1.54) is 0 Å². The molecule has 1 fully saturated rings. The minimum atomic E-state index is 0.0343. The summed E-state index contributed by atoms with van der Waals surface area (Å²) in [6, 6.07) is 0.150. The molecule has 2 atom stereocenters. The molecular formula is C13H23N3O. The normalized spacial score (nSPS) is 25.1. The molecular weight excluding hydrogens is 214 g/mol. The minimum Gasteiger partial charge on any atom is -0.370 e. The molecule has 2 unspecified atom stereocenters. The van der Waals surface area contributed by atoms with E-state index in [0.29, 0.717) is 6.10 Å². The first kappa shape index (κ1) is 12.6. The van der Waals surface area contributed by atoms with E-state index in [-0.39, 0.29) is 11.6 Å². The molecule has 1 aromatic heterocycles. The number of rotatable bonds is 4. The van der Waals surface area contributed by atoms with Crippen LogP contribution >= 0.6 is 0 Å². The standard InChI is InChI=1S/C13H23N3O/c1-10(14)8-12-15-6-7-16(12)9-11-4-5-13(2,3)17-11/h6-7,10-11H,4-5,8-9,14H2,1-3H3. The third-order valence-corrected chi connectivity index (χ3v) is 3.26. The van der Waals surface area contributed by atoms with Crippen LogP contribution in [0.1, 0.15) is 39.4 Å². The third kappa shape index (κ3) is 3.30. The highest BCUT2D eigenvalue weighted by atomic mass is 16.5. The van der Waals surface area contributed by atoms with Crippen molar-refractivity contribution in [2.24, 2.45) is 5.73 Å². The molecule has 0 saturated carbocycles. The Balaban J connectivity index is 1.97. The first-order valence-electron chi connectivity index (χ1n) is 6.40. The van der Waals surface area contributed by atoms with Crippen molar-refractivity contribution in [2.45, 2.75) is 64.3 Å². The first-order valence-corrected chi connectivity index (χ1v) is 6.40. The summed E-state index contributed by atoms with van der Waals surface area (Å²) >= 11 is 0. The van der Waals surface area contributed by atoms with Crippen LogP contribution in [0.15, 0.2) is 12.4 Å². The van der Waals surface area contributed by atoms with E-state index in [0.717, 1.165) is 31.6 Å². The Morgan fingerprint density at radius 1 is 1.65 bits per heavy atom. The van der Waals surface area contributed by atoms with Gasteiger partial charge in [0.25, 0.3) is 0 Å². The lowest BCUT2D eigenvalue weighted by Crippen LogP contribution is -2.25. The average Bonchev–Trinajstić information content (AvgIpc) is 2.74. The van der Waals surface area contributed by atoms with Crippen LogP contribution in [0.5, 0.6) is 0 Å². The Bertz CT molecular complexity index is 370. The molecule has 0 aromatic carbocycles. The zero-order valence-corrected chi connectivity index (χ0v) is 11.0. The van der Waals surface area contributed by atoms with Crippen LogP contribution < -0.4 is 5.73 Å². The fourth-order valence-electron chi connectivity index (χ4n) is 2.41. The SMILES string of the molecule is CC(N)Cc1nccn1CC1CCC(C)(C)O1. The molecule has 96 valence electrons. The van der Waals surface area contributed by atoms with Crippen LogP contribution in [0.3, 0.4) is 0 Å². The van der Waals surface area contributed by atoms with Crippen LogP contribution in [0.2, 0.25) is 0 Å². The number of hydrogen-bond acceptors (Lipinski definition) is 3. The van der Waals surface area contributed by atoms with Crippen molar-refractivity contribution in [3.63, 3.8) is 0 Å². The maximum atomic E-state index is 6.00. The number of nitrogens with two attached hydrogens (primary N) is 1. The molecule has 2 heterocycles. The van der Waals surface area contributed by atoms with Gasteiger partial charge in [-0.15, -0.1) is 0 Å². The van der Waals surface area contributed by atoms with Gasteiger partial charge < -0.3 is 15.0 Å². The van der Waals surface area contributed by atoms with Crippen molar-refractivity contribution in [1.29, 1.82) is 0 Å². The predicted octanol–water partition coefficient (Wildman–Crippen LogP) is 1.73. The maximum Gasteiger partial charge on any atom is 0.110 e. The lowest BCUT2D eigenvalue weighted by molar-refractivity contribution is -0.0220. The summed E-state index contributed by atoms with van der Waals surface area (Å²) in [6.45, 7) is 7.22. The Morgan fingerprint density at radius 3 is 3.00 bits per heavy atom. The topological polar surface area (TPSA) is 53.1 Å². The molecule has 1 aliphatic rings. The van der Waals surface area contributed by atoms with Gasteiger partial charge in [-0.25, -0.2) is 4.98 Å². The van der Waals surface area contributed by atoms with E-state index in [2.05, 4.69) is 23.4 Å². The second-order valence-corrected chi connectivity index (χ2v) is 5.72. The van der Waals surface area contributed by atoms with Crippen molar-refractivity contribution in [3.05, 3.63) is 18.2 Å². The van der Waals surface area contributed by atoms with Gasteiger partial charge in [-0.05, 0) is 33.6 Å². The number of nitrogens with zero attached hydrogens (tertiary/aromatic N) is 2. The lowest BCUT2D eigenvalue weighted by Gasteiger charge is -2.20. The van der Waals surface area contributed by atoms with Crippen LogP contribution in [0, 0.1) is 0 Å². The maximum absolute atomic E-state index is 6.00. The Morgan fingerprint density at radius 2 is 2.41 bits per heavy atom. The molecule has 1 saturated heterocycles. The van der Waals surface area contributed by atoms with Crippen molar-refractivity contribution < 1.29 is 4.74 Å². The van der Waals surface area contributed by atoms with Gasteiger partial charge in [0.15, 0.2) is 0 Å². The summed E-state index contributed by atoms with van der Waals surface area (Å²) in [5, 5.41) is 0. The Labute approximate surface area is 103 Å². The quantitative estimate of drug-likeness (QED) is 0.867. The van der Waals surface area contributed by atoms with Crippen LogP contribution in [0.25, 0.3) is 0 Å².